The molecule has 4 rings (SSSR count). The molecule has 1 aromatic carbocycles. The van der Waals surface area contributed by atoms with Crippen LogP contribution in [0.25, 0.3) is 0 Å². The highest BCUT2D eigenvalue weighted by atomic mass is 16.6. The first kappa shape index (κ1) is 16.7. The molecule has 2 fully saturated rings. The van der Waals surface area contributed by atoms with Gasteiger partial charge < -0.3 is 19.1 Å². The second kappa shape index (κ2) is 7.24. The molecule has 0 bridgehead atoms. The molecule has 1 saturated heterocycles. The Morgan fingerprint density at radius 3 is 2.64 bits per heavy atom. The maximum atomic E-state index is 13.4. The molecule has 25 heavy (non-hydrogen) atoms. The molecule has 2 unspecified atom stereocenters. The number of morpholine rings is 1. The third-order valence-electron chi connectivity index (χ3n) is 5.62. The molecule has 136 valence electrons. The van der Waals surface area contributed by atoms with Gasteiger partial charge in [-0.25, -0.2) is 0 Å². The van der Waals surface area contributed by atoms with Gasteiger partial charge in [0.15, 0.2) is 11.5 Å². The third-order valence-corrected chi connectivity index (χ3v) is 5.62. The predicted molar refractivity (Wildman–Crippen MR) is 94.1 cm³/mol. The van der Waals surface area contributed by atoms with E-state index in [4.69, 9.17) is 14.2 Å². The summed E-state index contributed by atoms with van der Waals surface area (Å²) in [5, 5.41) is 0. The molecule has 5 nitrogen and oxygen atoms in total. The van der Waals surface area contributed by atoms with Crippen molar-refractivity contribution in [3.05, 3.63) is 23.8 Å². The molecule has 0 spiro atoms. The van der Waals surface area contributed by atoms with Crippen LogP contribution in [0.2, 0.25) is 0 Å². The Kier molecular flexibility index (Phi) is 4.84. The first-order valence-corrected chi connectivity index (χ1v) is 9.52. The van der Waals surface area contributed by atoms with E-state index in [0.29, 0.717) is 38.8 Å². The number of rotatable bonds is 3. The Hall–Kier alpha value is -1.75. The van der Waals surface area contributed by atoms with Crippen LogP contribution in [0.1, 0.15) is 44.1 Å². The Morgan fingerprint density at radius 2 is 1.88 bits per heavy atom. The van der Waals surface area contributed by atoms with Crippen LogP contribution in [0.4, 0.5) is 0 Å². The largest absolute Gasteiger partial charge is 0.486 e. The zero-order valence-corrected chi connectivity index (χ0v) is 14.9. The van der Waals surface area contributed by atoms with Gasteiger partial charge in [0, 0.05) is 13.1 Å². The van der Waals surface area contributed by atoms with Gasteiger partial charge in [-0.1, -0.05) is 18.9 Å². The van der Waals surface area contributed by atoms with Gasteiger partial charge in [0.1, 0.15) is 13.2 Å². The summed E-state index contributed by atoms with van der Waals surface area (Å²) in [6, 6.07) is 6.04. The van der Waals surface area contributed by atoms with E-state index in [1.807, 2.05) is 24.0 Å². The fourth-order valence-electron chi connectivity index (χ4n) is 4.38. The van der Waals surface area contributed by atoms with Crippen LogP contribution in [0.3, 0.4) is 0 Å². The van der Waals surface area contributed by atoms with Crippen LogP contribution in [0.5, 0.6) is 11.5 Å². The smallest absolute Gasteiger partial charge is 0.230 e. The second-order valence-electron chi connectivity index (χ2n) is 7.39. The number of carbonyl (C=O) groups excluding carboxylic acids is 1. The zero-order valence-electron chi connectivity index (χ0n) is 14.9. The fourth-order valence-corrected chi connectivity index (χ4v) is 4.38. The molecule has 1 saturated carbocycles. The van der Waals surface area contributed by atoms with Crippen molar-refractivity contribution in [1.29, 1.82) is 0 Å². The van der Waals surface area contributed by atoms with E-state index >= 15 is 0 Å². The van der Waals surface area contributed by atoms with Gasteiger partial charge in [0.05, 0.1) is 18.6 Å². The maximum Gasteiger partial charge on any atom is 0.230 e. The number of hydrogen-bond acceptors (Lipinski definition) is 4. The molecule has 2 heterocycles. The molecule has 5 heteroatoms. The van der Waals surface area contributed by atoms with Crippen LogP contribution < -0.4 is 9.47 Å². The number of carbonyl (C=O) groups is 1. The summed E-state index contributed by atoms with van der Waals surface area (Å²) in [7, 11) is 0. The number of benzene rings is 1. The Morgan fingerprint density at radius 1 is 1.12 bits per heavy atom. The van der Waals surface area contributed by atoms with Crippen LogP contribution in [-0.2, 0) is 9.53 Å². The minimum Gasteiger partial charge on any atom is -0.486 e. The third kappa shape index (κ3) is 3.47. The summed E-state index contributed by atoms with van der Waals surface area (Å²) >= 11 is 0. The van der Waals surface area contributed by atoms with Gasteiger partial charge in [-0.2, -0.15) is 0 Å². The van der Waals surface area contributed by atoms with Crippen molar-refractivity contribution in [2.75, 3.05) is 32.9 Å². The van der Waals surface area contributed by atoms with E-state index in [9.17, 15) is 4.79 Å². The summed E-state index contributed by atoms with van der Waals surface area (Å²) in [6.07, 6.45) is 4.81. The SMILES string of the molecule is CC1CN(C(=O)C(c2ccc3c(c2)OCCO3)C2CCCC2)CCO1. The van der Waals surface area contributed by atoms with E-state index in [-0.39, 0.29) is 17.9 Å². The first-order chi connectivity index (χ1) is 12.2. The van der Waals surface area contributed by atoms with E-state index in [1.54, 1.807) is 0 Å². The topological polar surface area (TPSA) is 48.0 Å². The highest BCUT2D eigenvalue weighted by molar-refractivity contribution is 5.84. The Labute approximate surface area is 149 Å². The van der Waals surface area contributed by atoms with Crippen LogP contribution in [-0.4, -0.2) is 49.8 Å². The van der Waals surface area contributed by atoms with Crippen molar-refractivity contribution >= 4 is 5.91 Å². The van der Waals surface area contributed by atoms with Gasteiger partial charge in [0.25, 0.3) is 0 Å². The average molecular weight is 345 g/mol. The van der Waals surface area contributed by atoms with Gasteiger partial charge in [-0.05, 0) is 43.4 Å². The molecular weight excluding hydrogens is 318 g/mol. The zero-order chi connectivity index (χ0) is 17.2. The normalized spacial score (nSPS) is 25.0. The van der Waals surface area contributed by atoms with Crippen LogP contribution in [0.15, 0.2) is 18.2 Å². The number of ether oxygens (including phenoxy) is 3. The number of hydrogen-bond donors (Lipinski definition) is 0. The lowest BCUT2D eigenvalue weighted by Gasteiger charge is -2.35. The van der Waals surface area contributed by atoms with Crippen LogP contribution >= 0.6 is 0 Å². The van der Waals surface area contributed by atoms with Gasteiger partial charge in [-0.3, -0.25) is 4.79 Å². The number of nitrogens with zero attached hydrogens (tertiary/aromatic N) is 1. The first-order valence-electron chi connectivity index (χ1n) is 9.52. The molecule has 0 N–H and O–H groups in total. The minimum absolute atomic E-state index is 0.0800. The summed E-state index contributed by atoms with van der Waals surface area (Å²) in [6.45, 7) is 5.20. The van der Waals surface area contributed by atoms with Crippen molar-refractivity contribution in [3.8, 4) is 11.5 Å². The maximum absolute atomic E-state index is 13.4. The standard InChI is InChI=1S/C20H27NO4/c1-14-13-21(8-9-23-14)20(22)19(15-4-2-3-5-15)16-6-7-17-18(12-16)25-11-10-24-17/h6-7,12,14-15,19H,2-5,8-11,13H2,1H3. The molecule has 3 aliphatic rings. The summed E-state index contributed by atoms with van der Waals surface area (Å²) in [5.41, 5.74) is 1.07. The van der Waals surface area contributed by atoms with E-state index in [1.165, 1.54) is 12.8 Å². The van der Waals surface area contributed by atoms with Crippen molar-refractivity contribution in [3.63, 3.8) is 0 Å². The quantitative estimate of drug-likeness (QED) is 0.845. The Balaban J connectivity index is 1.62. The lowest BCUT2D eigenvalue weighted by molar-refractivity contribution is -0.141. The van der Waals surface area contributed by atoms with Crippen molar-refractivity contribution < 1.29 is 19.0 Å². The second-order valence-corrected chi connectivity index (χ2v) is 7.39. The molecule has 1 aliphatic carbocycles. The average Bonchev–Trinajstić information content (AvgIpc) is 3.16. The van der Waals surface area contributed by atoms with Crippen molar-refractivity contribution in [2.45, 2.75) is 44.6 Å². The molecule has 1 aromatic rings. The lowest BCUT2D eigenvalue weighted by Crippen LogP contribution is -2.47. The number of amides is 1. The summed E-state index contributed by atoms with van der Waals surface area (Å²) in [5.74, 6) is 2.15. The Bertz CT molecular complexity index is 626. The van der Waals surface area contributed by atoms with E-state index < -0.39 is 0 Å². The highest BCUT2D eigenvalue weighted by Gasteiger charge is 2.36. The molecule has 0 aromatic heterocycles. The van der Waals surface area contributed by atoms with Crippen molar-refractivity contribution in [2.24, 2.45) is 5.92 Å². The van der Waals surface area contributed by atoms with E-state index in [0.717, 1.165) is 29.9 Å². The molecular formula is C20H27NO4. The lowest BCUT2D eigenvalue weighted by atomic mass is 9.83. The fraction of sp³-hybridized carbons (Fsp3) is 0.650. The van der Waals surface area contributed by atoms with Gasteiger partial charge in [-0.15, -0.1) is 0 Å². The molecule has 0 radical (unpaired) electrons. The molecule has 2 atom stereocenters. The monoisotopic (exact) mass is 345 g/mol. The van der Waals surface area contributed by atoms with Crippen molar-refractivity contribution in [1.82, 2.24) is 4.90 Å². The summed E-state index contributed by atoms with van der Waals surface area (Å²) < 4.78 is 17.0. The molecule has 1 amide bonds. The van der Waals surface area contributed by atoms with Crippen LogP contribution in [0, 0.1) is 5.92 Å². The number of fused-ring (bicyclic) bond motifs is 1. The van der Waals surface area contributed by atoms with E-state index in [2.05, 4.69) is 6.07 Å². The van der Waals surface area contributed by atoms with Gasteiger partial charge in [0.2, 0.25) is 5.91 Å². The summed E-state index contributed by atoms with van der Waals surface area (Å²) in [4.78, 5) is 15.4. The van der Waals surface area contributed by atoms with Gasteiger partial charge >= 0.3 is 0 Å². The highest BCUT2D eigenvalue weighted by Crippen LogP contribution is 2.41. The molecule has 2 aliphatic heterocycles. The minimum atomic E-state index is -0.0800. The predicted octanol–water partition coefficient (Wildman–Crippen LogP) is 2.98.